The summed E-state index contributed by atoms with van der Waals surface area (Å²) in [5.41, 5.74) is 1.01. The largest absolute Gasteiger partial charge is 0.376 e. The van der Waals surface area contributed by atoms with Gasteiger partial charge in [0.15, 0.2) is 0 Å². The van der Waals surface area contributed by atoms with Crippen molar-refractivity contribution in [2.45, 2.75) is 32.4 Å². The number of likely N-dealkylation sites (N-methyl/N-ethyl adjacent to an activating group) is 1. The molecule has 0 aliphatic carbocycles. The molecule has 1 aromatic rings. The number of nitrogens with zero attached hydrogens (tertiary/aromatic N) is 1. The van der Waals surface area contributed by atoms with Gasteiger partial charge < -0.3 is 9.64 Å². The molecule has 1 amide bonds. The Morgan fingerprint density at radius 2 is 2.22 bits per heavy atom. The zero-order chi connectivity index (χ0) is 13.3. The van der Waals surface area contributed by atoms with Gasteiger partial charge in [-0.15, -0.1) is 0 Å². The van der Waals surface area contributed by atoms with Crippen LogP contribution >= 0.6 is 0 Å². The predicted molar refractivity (Wildman–Crippen MR) is 67.0 cm³/mol. The van der Waals surface area contributed by atoms with E-state index in [0.717, 1.165) is 12.0 Å². The Bertz CT molecular complexity index is 461. The van der Waals surface area contributed by atoms with Crippen LogP contribution in [0.5, 0.6) is 0 Å². The Hall–Kier alpha value is -1.42. The molecule has 1 saturated heterocycles. The van der Waals surface area contributed by atoms with E-state index in [1.54, 1.807) is 24.1 Å². The minimum atomic E-state index is -0.469. The third-order valence-corrected chi connectivity index (χ3v) is 3.51. The number of hydrogen-bond donors (Lipinski definition) is 0. The van der Waals surface area contributed by atoms with E-state index in [-0.39, 0.29) is 23.6 Å². The highest BCUT2D eigenvalue weighted by molar-refractivity contribution is 5.94. The van der Waals surface area contributed by atoms with E-state index in [4.69, 9.17) is 4.74 Å². The summed E-state index contributed by atoms with van der Waals surface area (Å²) in [4.78, 5) is 13.9. The molecular weight excluding hydrogens is 233 g/mol. The van der Waals surface area contributed by atoms with Crippen molar-refractivity contribution in [3.63, 3.8) is 0 Å². The molecule has 18 heavy (non-hydrogen) atoms. The number of aryl methyl sites for hydroxylation is 1. The molecule has 3 nitrogen and oxygen atoms in total. The Kier molecular flexibility index (Phi) is 3.66. The third-order valence-electron chi connectivity index (χ3n) is 3.51. The number of rotatable bonds is 2. The number of halogens is 1. The van der Waals surface area contributed by atoms with Gasteiger partial charge in [0, 0.05) is 13.7 Å². The molecule has 0 N–H and O–H groups in total. The van der Waals surface area contributed by atoms with Crippen LogP contribution in [0.15, 0.2) is 18.2 Å². The van der Waals surface area contributed by atoms with Gasteiger partial charge in [0.1, 0.15) is 5.82 Å². The predicted octanol–water partition coefficient (Wildman–Crippen LogP) is 2.38. The first kappa shape index (κ1) is 13.0. The highest BCUT2D eigenvalue weighted by Gasteiger charge is 2.31. The molecule has 0 radical (unpaired) electrons. The fraction of sp³-hybridized carbons (Fsp3) is 0.500. The average Bonchev–Trinajstić information content (AvgIpc) is 2.77. The number of ether oxygens (including phenoxy) is 1. The van der Waals surface area contributed by atoms with Crippen molar-refractivity contribution in [3.05, 3.63) is 35.1 Å². The number of carbonyl (C=O) groups is 1. The van der Waals surface area contributed by atoms with Crippen LogP contribution in [0, 0.1) is 12.7 Å². The Morgan fingerprint density at radius 1 is 1.50 bits per heavy atom. The number of carbonyl (C=O) groups excluding carboxylic acids is 1. The molecule has 1 fully saturated rings. The van der Waals surface area contributed by atoms with Gasteiger partial charge in [-0.3, -0.25) is 4.79 Å². The van der Waals surface area contributed by atoms with Gasteiger partial charge in [-0.1, -0.05) is 11.6 Å². The number of benzene rings is 1. The smallest absolute Gasteiger partial charge is 0.256 e. The number of hydrogen-bond acceptors (Lipinski definition) is 2. The van der Waals surface area contributed by atoms with Crippen LogP contribution in [0.1, 0.15) is 29.3 Å². The van der Waals surface area contributed by atoms with Crippen LogP contribution in [0.3, 0.4) is 0 Å². The van der Waals surface area contributed by atoms with E-state index in [9.17, 15) is 9.18 Å². The van der Waals surface area contributed by atoms with Crippen LogP contribution in [0.25, 0.3) is 0 Å². The standard InChI is InChI=1S/C14H18FNO2/c1-9-4-5-12(15)11(8-9)14(17)16(3)13-6-7-18-10(13)2/h4-5,8,10,13H,6-7H2,1-3H3. The van der Waals surface area contributed by atoms with Gasteiger partial charge >= 0.3 is 0 Å². The van der Waals surface area contributed by atoms with E-state index < -0.39 is 5.82 Å². The molecule has 98 valence electrons. The minimum absolute atomic E-state index is 0.00632. The van der Waals surface area contributed by atoms with Crippen molar-refractivity contribution in [2.24, 2.45) is 0 Å². The second kappa shape index (κ2) is 5.06. The summed E-state index contributed by atoms with van der Waals surface area (Å²) < 4.78 is 19.1. The molecule has 0 bridgehead atoms. The van der Waals surface area contributed by atoms with Crippen LogP contribution in [0.2, 0.25) is 0 Å². The van der Waals surface area contributed by atoms with Gasteiger partial charge in [-0.2, -0.15) is 0 Å². The second-order valence-electron chi connectivity index (χ2n) is 4.83. The lowest BCUT2D eigenvalue weighted by atomic mass is 10.1. The van der Waals surface area contributed by atoms with E-state index in [1.165, 1.54) is 6.07 Å². The van der Waals surface area contributed by atoms with Crippen LogP contribution in [-0.2, 0) is 4.74 Å². The van der Waals surface area contributed by atoms with Crippen LogP contribution in [-0.4, -0.2) is 36.6 Å². The van der Waals surface area contributed by atoms with Crippen molar-refractivity contribution < 1.29 is 13.9 Å². The fourth-order valence-corrected chi connectivity index (χ4v) is 2.37. The maximum atomic E-state index is 13.7. The lowest BCUT2D eigenvalue weighted by Gasteiger charge is -2.27. The van der Waals surface area contributed by atoms with Gasteiger partial charge in [-0.05, 0) is 32.4 Å². The average molecular weight is 251 g/mol. The summed E-state index contributed by atoms with van der Waals surface area (Å²) in [5.74, 6) is -0.748. The quantitative estimate of drug-likeness (QED) is 0.807. The molecule has 2 rings (SSSR count). The second-order valence-corrected chi connectivity index (χ2v) is 4.83. The van der Waals surface area contributed by atoms with Crippen molar-refractivity contribution in [3.8, 4) is 0 Å². The summed E-state index contributed by atoms with van der Waals surface area (Å²) in [6.07, 6.45) is 0.809. The molecule has 0 aromatic heterocycles. The highest BCUT2D eigenvalue weighted by atomic mass is 19.1. The van der Waals surface area contributed by atoms with Crippen molar-refractivity contribution in [2.75, 3.05) is 13.7 Å². The zero-order valence-electron chi connectivity index (χ0n) is 10.9. The van der Waals surface area contributed by atoms with E-state index in [1.807, 2.05) is 13.8 Å². The topological polar surface area (TPSA) is 29.5 Å². The summed E-state index contributed by atoms with van der Waals surface area (Å²) in [6, 6.07) is 4.62. The summed E-state index contributed by atoms with van der Waals surface area (Å²) in [5, 5.41) is 0. The lowest BCUT2D eigenvalue weighted by molar-refractivity contribution is 0.0571. The van der Waals surface area contributed by atoms with Gasteiger partial charge in [0.05, 0.1) is 17.7 Å². The molecule has 1 aliphatic rings. The summed E-state index contributed by atoms with van der Waals surface area (Å²) in [7, 11) is 1.71. The summed E-state index contributed by atoms with van der Waals surface area (Å²) in [6.45, 7) is 4.44. The van der Waals surface area contributed by atoms with E-state index in [2.05, 4.69) is 0 Å². The third kappa shape index (κ3) is 2.38. The first-order valence-corrected chi connectivity index (χ1v) is 6.15. The first-order valence-electron chi connectivity index (χ1n) is 6.15. The normalized spacial score (nSPS) is 23.1. The Morgan fingerprint density at radius 3 is 2.83 bits per heavy atom. The maximum absolute atomic E-state index is 13.7. The molecule has 1 heterocycles. The van der Waals surface area contributed by atoms with E-state index in [0.29, 0.717) is 6.61 Å². The van der Waals surface area contributed by atoms with Crippen LogP contribution < -0.4 is 0 Å². The van der Waals surface area contributed by atoms with Crippen molar-refractivity contribution in [1.82, 2.24) is 4.90 Å². The summed E-state index contributed by atoms with van der Waals surface area (Å²) >= 11 is 0. The molecule has 2 atom stereocenters. The molecule has 0 spiro atoms. The Labute approximate surface area is 107 Å². The highest BCUT2D eigenvalue weighted by Crippen LogP contribution is 2.21. The maximum Gasteiger partial charge on any atom is 0.256 e. The Balaban J connectivity index is 2.22. The molecule has 1 aromatic carbocycles. The monoisotopic (exact) mass is 251 g/mol. The molecule has 2 unspecified atom stereocenters. The molecule has 1 aliphatic heterocycles. The molecular formula is C14H18FNO2. The van der Waals surface area contributed by atoms with Crippen molar-refractivity contribution >= 4 is 5.91 Å². The van der Waals surface area contributed by atoms with Gasteiger partial charge in [0.2, 0.25) is 0 Å². The van der Waals surface area contributed by atoms with Gasteiger partial charge in [0.25, 0.3) is 5.91 Å². The van der Waals surface area contributed by atoms with Crippen LogP contribution in [0.4, 0.5) is 4.39 Å². The minimum Gasteiger partial charge on any atom is -0.376 e. The molecule has 4 heteroatoms. The van der Waals surface area contributed by atoms with E-state index >= 15 is 0 Å². The number of amides is 1. The molecule has 0 saturated carbocycles. The SMILES string of the molecule is Cc1ccc(F)c(C(=O)N(C)C2CCOC2C)c1. The first-order chi connectivity index (χ1) is 8.50. The zero-order valence-corrected chi connectivity index (χ0v) is 10.9. The van der Waals surface area contributed by atoms with Gasteiger partial charge in [-0.25, -0.2) is 4.39 Å². The van der Waals surface area contributed by atoms with Crippen molar-refractivity contribution in [1.29, 1.82) is 0 Å². The fourth-order valence-electron chi connectivity index (χ4n) is 2.37. The lowest BCUT2D eigenvalue weighted by Crippen LogP contribution is -2.41.